The minimum atomic E-state index is -4.38. The van der Waals surface area contributed by atoms with Crippen LogP contribution in [0, 0.1) is 0 Å². The van der Waals surface area contributed by atoms with Gasteiger partial charge in [-0.15, -0.1) is 0 Å². The molecule has 0 aromatic heterocycles. The van der Waals surface area contributed by atoms with E-state index in [2.05, 4.69) is 15.6 Å². The molecule has 0 saturated carbocycles. The molecule has 140 valence electrons. The second kappa shape index (κ2) is 8.05. The number of alkyl halides is 3. The zero-order chi connectivity index (χ0) is 18.5. The third kappa shape index (κ3) is 5.60. The number of aliphatic imine (C=N–C) groups is 1. The molecule has 25 heavy (non-hydrogen) atoms. The van der Waals surface area contributed by atoms with Crippen LogP contribution in [0.15, 0.2) is 29.3 Å². The predicted molar refractivity (Wildman–Crippen MR) is 89.6 cm³/mol. The van der Waals surface area contributed by atoms with Crippen LogP contribution in [0.3, 0.4) is 0 Å². The van der Waals surface area contributed by atoms with Gasteiger partial charge in [-0.2, -0.15) is 13.2 Å². The molecular formula is C15H21F3N4O2S. The Morgan fingerprint density at radius 2 is 2.08 bits per heavy atom. The molecule has 0 atom stereocenters. The number of halogens is 3. The Morgan fingerprint density at radius 1 is 1.32 bits per heavy atom. The molecule has 10 heteroatoms. The van der Waals surface area contributed by atoms with Crippen LogP contribution in [0.1, 0.15) is 17.5 Å². The highest BCUT2D eigenvalue weighted by atomic mass is 32.2. The van der Waals surface area contributed by atoms with Crippen LogP contribution in [0.4, 0.5) is 13.2 Å². The van der Waals surface area contributed by atoms with Crippen molar-refractivity contribution in [2.75, 3.05) is 32.4 Å². The van der Waals surface area contributed by atoms with E-state index in [4.69, 9.17) is 0 Å². The molecule has 1 aliphatic rings. The summed E-state index contributed by atoms with van der Waals surface area (Å²) in [4.78, 5) is 3.98. The summed E-state index contributed by atoms with van der Waals surface area (Å²) in [6, 6.07) is 5.05. The number of sulfonamides is 1. The van der Waals surface area contributed by atoms with Gasteiger partial charge in [0.25, 0.3) is 0 Å². The molecule has 2 rings (SSSR count). The summed E-state index contributed by atoms with van der Waals surface area (Å²) < 4.78 is 62.9. The van der Waals surface area contributed by atoms with Gasteiger partial charge in [0.15, 0.2) is 5.96 Å². The predicted octanol–water partition coefficient (Wildman–Crippen LogP) is 1.41. The highest BCUT2D eigenvalue weighted by Gasteiger charge is 2.30. The van der Waals surface area contributed by atoms with Gasteiger partial charge in [0.2, 0.25) is 10.0 Å². The van der Waals surface area contributed by atoms with E-state index in [1.165, 1.54) is 17.4 Å². The number of nitrogens with one attached hydrogen (secondary N) is 2. The number of hydrogen-bond donors (Lipinski definition) is 2. The minimum Gasteiger partial charge on any atom is -0.355 e. The Bertz CT molecular complexity index is 720. The van der Waals surface area contributed by atoms with Gasteiger partial charge in [0, 0.05) is 33.2 Å². The molecule has 0 bridgehead atoms. The van der Waals surface area contributed by atoms with E-state index < -0.39 is 21.8 Å². The average molecular weight is 378 g/mol. The Kier molecular flexibility index (Phi) is 6.28. The molecular weight excluding hydrogens is 357 g/mol. The van der Waals surface area contributed by atoms with E-state index in [1.807, 2.05) is 0 Å². The van der Waals surface area contributed by atoms with Gasteiger partial charge >= 0.3 is 6.18 Å². The van der Waals surface area contributed by atoms with Gasteiger partial charge in [-0.25, -0.2) is 12.7 Å². The lowest BCUT2D eigenvalue weighted by molar-refractivity contribution is -0.137. The van der Waals surface area contributed by atoms with Crippen LogP contribution in [-0.4, -0.2) is 51.1 Å². The van der Waals surface area contributed by atoms with Gasteiger partial charge in [-0.1, -0.05) is 12.1 Å². The smallest absolute Gasteiger partial charge is 0.355 e. The van der Waals surface area contributed by atoms with Crippen molar-refractivity contribution >= 4 is 16.0 Å². The first-order chi connectivity index (χ1) is 11.7. The zero-order valence-electron chi connectivity index (χ0n) is 13.8. The maximum absolute atomic E-state index is 12.7. The van der Waals surface area contributed by atoms with Crippen molar-refractivity contribution in [3.8, 4) is 0 Å². The first kappa shape index (κ1) is 19.5. The summed E-state index contributed by atoms with van der Waals surface area (Å²) in [7, 11) is -1.60. The fourth-order valence-corrected chi connectivity index (χ4v) is 4.03. The highest BCUT2D eigenvalue weighted by Crippen LogP contribution is 2.29. The number of guanidine groups is 1. The monoisotopic (exact) mass is 378 g/mol. The minimum absolute atomic E-state index is 0.172. The van der Waals surface area contributed by atoms with Crippen molar-refractivity contribution in [3.63, 3.8) is 0 Å². The molecule has 1 aliphatic heterocycles. The molecule has 0 spiro atoms. The SMILES string of the molecule is CN=C(NCCN1CCCS1(=O)=O)NCc1cccc(C(F)(F)F)c1. The Labute approximate surface area is 145 Å². The largest absolute Gasteiger partial charge is 0.416 e. The van der Waals surface area contributed by atoms with Gasteiger partial charge in [-0.3, -0.25) is 4.99 Å². The van der Waals surface area contributed by atoms with Crippen molar-refractivity contribution in [1.82, 2.24) is 14.9 Å². The Morgan fingerprint density at radius 3 is 2.68 bits per heavy atom. The van der Waals surface area contributed by atoms with Crippen molar-refractivity contribution < 1.29 is 21.6 Å². The fraction of sp³-hybridized carbons (Fsp3) is 0.533. The third-order valence-electron chi connectivity index (χ3n) is 3.79. The second-order valence-electron chi connectivity index (χ2n) is 5.62. The molecule has 0 aliphatic carbocycles. The lowest BCUT2D eigenvalue weighted by Crippen LogP contribution is -2.41. The molecule has 0 amide bonds. The molecule has 1 aromatic rings. The van der Waals surface area contributed by atoms with Gasteiger partial charge in [0.05, 0.1) is 11.3 Å². The van der Waals surface area contributed by atoms with E-state index in [0.29, 0.717) is 37.6 Å². The van der Waals surface area contributed by atoms with Gasteiger partial charge in [0.1, 0.15) is 0 Å². The average Bonchev–Trinajstić information content (AvgIpc) is 2.88. The van der Waals surface area contributed by atoms with Crippen molar-refractivity contribution in [3.05, 3.63) is 35.4 Å². The Hall–Kier alpha value is -1.81. The molecule has 0 radical (unpaired) electrons. The topological polar surface area (TPSA) is 73.8 Å². The van der Waals surface area contributed by atoms with Crippen molar-refractivity contribution in [1.29, 1.82) is 0 Å². The zero-order valence-corrected chi connectivity index (χ0v) is 14.6. The van der Waals surface area contributed by atoms with E-state index in [0.717, 1.165) is 12.1 Å². The maximum atomic E-state index is 12.7. The first-order valence-corrected chi connectivity index (χ1v) is 9.42. The lowest BCUT2D eigenvalue weighted by Gasteiger charge is -2.17. The summed E-state index contributed by atoms with van der Waals surface area (Å²) in [5.41, 5.74) is -0.228. The van der Waals surface area contributed by atoms with Crippen LogP contribution < -0.4 is 10.6 Å². The van der Waals surface area contributed by atoms with Crippen LogP contribution in [-0.2, 0) is 22.7 Å². The summed E-state index contributed by atoms with van der Waals surface area (Å²) in [5.74, 6) is 0.573. The molecule has 1 aromatic carbocycles. The second-order valence-corrected chi connectivity index (χ2v) is 7.71. The summed E-state index contributed by atoms with van der Waals surface area (Å²) in [5, 5.41) is 5.87. The third-order valence-corrected chi connectivity index (χ3v) is 5.75. The highest BCUT2D eigenvalue weighted by molar-refractivity contribution is 7.89. The standard InChI is InChI=1S/C15H21F3N4O2S/c1-19-14(20-6-8-22-7-3-9-25(22,23)24)21-11-12-4-2-5-13(10-12)15(16,17)18/h2,4-5,10H,3,6-9,11H2,1H3,(H2,19,20,21). The summed E-state index contributed by atoms with van der Waals surface area (Å²) in [6.45, 7) is 1.37. The van der Waals surface area contributed by atoms with Gasteiger partial charge in [-0.05, 0) is 24.1 Å². The normalized spacial score (nSPS) is 18.3. The van der Waals surface area contributed by atoms with Gasteiger partial charge < -0.3 is 10.6 Å². The van der Waals surface area contributed by atoms with E-state index in [9.17, 15) is 21.6 Å². The van der Waals surface area contributed by atoms with Crippen LogP contribution in [0.2, 0.25) is 0 Å². The fourth-order valence-electron chi connectivity index (χ4n) is 2.51. The summed E-state index contributed by atoms with van der Waals surface area (Å²) in [6.07, 6.45) is -3.75. The number of rotatable bonds is 5. The first-order valence-electron chi connectivity index (χ1n) is 7.81. The number of hydrogen-bond acceptors (Lipinski definition) is 3. The van der Waals surface area contributed by atoms with E-state index in [-0.39, 0.29) is 12.3 Å². The van der Waals surface area contributed by atoms with Crippen LogP contribution in [0.5, 0.6) is 0 Å². The molecule has 2 N–H and O–H groups in total. The van der Waals surface area contributed by atoms with Crippen LogP contribution in [0.25, 0.3) is 0 Å². The molecule has 1 fully saturated rings. The lowest BCUT2D eigenvalue weighted by atomic mass is 10.1. The Balaban J connectivity index is 1.83. The molecule has 0 unspecified atom stereocenters. The maximum Gasteiger partial charge on any atom is 0.416 e. The van der Waals surface area contributed by atoms with Crippen LogP contribution >= 0.6 is 0 Å². The molecule has 1 heterocycles. The molecule has 1 saturated heterocycles. The summed E-state index contributed by atoms with van der Waals surface area (Å²) >= 11 is 0. The van der Waals surface area contributed by atoms with Crippen molar-refractivity contribution in [2.24, 2.45) is 4.99 Å². The number of nitrogens with zero attached hydrogens (tertiary/aromatic N) is 2. The van der Waals surface area contributed by atoms with E-state index >= 15 is 0 Å². The number of benzene rings is 1. The quantitative estimate of drug-likeness (QED) is 0.600. The van der Waals surface area contributed by atoms with E-state index in [1.54, 1.807) is 6.07 Å². The molecule has 6 nitrogen and oxygen atoms in total. The van der Waals surface area contributed by atoms with Crippen molar-refractivity contribution in [2.45, 2.75) is 19.1 Å².